The first-order valence-electron chi connectivity index (χ1n) is 9.79. The zero-order chi connectivity index (χ0) is 16.8. The average Bonchev–Trinajstić information content (AvgIpc) is 3.16. The summed E-state index contributed by atoms with van der Waals surface area (Å²) in [7, 11) is 2.05. The second-order valence-electron chi connectivity index (χ2n) is 7.51. The lowest BCUT2D eigenvalue weighted by molar-refractivity contribution is -0.134. The summed E-state index contributed by atoms with van der Waals surface area (Å²) in [5.41, 5.74) is 1.33. The Kier molecular flexibility index (Phi) is 6.30. The number of rotatable bonds is 6. The van der Waals surface area contributed by atoms with Crippen molar-refractivity contribution in [1.29, 1.82) is 0 Å². The molecule has 0 unspecified atom stereocenters. The minimum absolute atomic E-state index is 0.335. The molecule has 1 heterocycles. The lowest BCUT2D eigenvalue weighted by Crippen LogP contribution is -2.53. The van der Waals surface area contributed by atoms with E-state index in [9.17, 15) is 4.79 Å². The van der Waals surface area contributed by atoms with Crippen LogP contribution in [0.4, 0.5) is 0 Å². The normalized spacial score (nSPS) is 24.9. The van der Waals surface area contributed by atoms with Crippen molar-refractivity contribution in [2.75, 3.05) is 20.1 Å². The predicted molar refractivity (Wildman–Crippen MR) is 99.0 cm³/mol. The van der Waals surface area contributed by atoms with Crippen molar-refractivity contribution in [3.8, 4) is 0 Å². The Morgan fingerprint density at radius 3 is 2.54 bits per heavy atom. The van der Waals surface area contributed by atoms with Crippen molar-refractivity contribution in [1.82, 2.24) is 9.80 Å². The van der Waals surface area contributed by atoms with E-state index in [1.807, 2.05) is 13.1 Å². The molecule has 1 amide bonds. The molecule has 24 heavy (non-hydrogen) atoms. The fourth-order valence-corrected chi connectivity index (χ4v) is 4.49. The number of likely N-dealkylation sites (tertiary alicyclic amines) is 1. The molecule has 1 saturated heterocycles. The van der Waals surface area contributed by atoms with Crippen molar-refractivity contribution in [2.45, 2.75) is 69.9 Å². The van der Waals surface area contributed by atoms with Crippen LogP contribution in [-0.2, 0) is 11.2 Å². The lowest BCUT2D eigenvalue weighted by atomic mass is 9.88. The molecular formula is C21H32N2O. The number of aryl methyl sites for hydroxylation is 1. The Morgan fingerprint density at radius 2 is 1.79 bits per heavy atom. The summed E-state index contributed by atoms with van der Waals surface area (Å²) in [5.74, 6) is 0.335. The monoisotopic (exact) mass is 328 g/mol. The molecule has 0 spiro atoms. The van der Waals surface area contributed by atoms with Gasteiger partial charge in [0.2, 0.25) is 5.91 Å². The molecule has 132 valence electrons. The summed E-state index contributed by atoms with van der Waals surface area (Å²) < 4.78 is 0. The molecule has 3 nitrogen and oxygen atoms in total. The third-order valence-corrected chi connectivity index (χ3v) is 5.89. The second kappa shape index (κ2) is 8.66. The van der Waals surface area contributed by atoms with E-state index >= 15 is 0 Å². The van der Waals surface area contributed by atoms with Gasteiger partial charge in [-0.2, -0.15) is 0 Å². The van der Waals surface area contributed by atoms with Crippen LogP contribution in [0.3, 0.4) is 0 Å². The van der Waals surface area contributed by atoms with E-state index in [1.165, 1.54) is 57.2 Å². The number of hydrogen-bond acceptors (Lipinski definition) is 2. The van der Waals surface area contributed by atoms with Crippen LogP contribution in [0.2, 0.25) is 0 Å². The standard InChI is InChI=1S/C21H32N2O/c1-22(21(24)15-9-12-18-10-3-2-4-11-18)19-13-5-6-14-20(19)23-16-7-8-17-23/h2-4,10-11,19-20H,5-9,12-17H2,1H3/t19-,20-/m1/s1. The maximum atomic E-state index is 12.7. The van der Waals surface area contributed by atoms with Crippen molar-refractivity contribution >= 4 is 5.91 Å². The molecule has 0 N–H and O–H groups in total. The topological polar surface area (TPSA) is 23.6 Å². The van der Waals surface area contributed by atoms with Gasteiger partial charge in [0, 0.05) is 25.6 Å². The third-order valence-electron chi connectivity index (χ3n) is 5.89. The highest BCUT2D eigenvalue weighted by Gasteiger charge is 2.35. The summed E-state index contributed by atoms with van der Waals surface area (Å²) in [6.45, 7) is 2.47. The van der Waals surface area contributed by atoms with Crippen LogP contribution in [0, 0.1) is 0 Å². The minimum Gasteiger partial charge on any atom is -0.341 e. The second-order valence-corrected chi connectivity index (χ2v) is 7.51. The number of hydrogen-bond donors (Lipinski definition) is 0. The fourth-order valence-electron chi connectivity index (χ4n) is 4.49. The molecule has 1 aromatic rings. The SMILES string of the molecule is CN(C(=O)CCCc1ccccc1)[C@@H]1CCCC[C@H]1N1CCCC1. The first kappa shape index (κ1) is 17.5. The average molecular weight is 329 g/mol. The maximum Gasteiger partial charge on any atom is 0.222 e. The molecular weight excluding hydrogens is 296 g/mol. The Bertz CT molecular complexity index is 510. The van der Waals surface area contributed by atoms with Crippen LogP contribution in [0.15, 0.2) is 30.3 Å². The molecule has 0 aromatic heterocycles. The minimum atomic E-state index is 0.335. The van der Waals surface area contributed by atoms with Crippen LogP contribution >= 0.6 is 0 Å². The summed E-state index contributed by atoms with van der Waals surface area (Å²) in [6, 6.07) is 11.5. The van der Waals surface area contributed by atoms with Gasteiger partial charge < -0.3 is 4.90 Å². The largest absolute Gasteiger partial charge is 0.341 e. The van der Waals surface area contributed by atoms with Gasteiger partial charge in [0.1, 0.15) is 0 Å². The lowest BCUT2D eigenvalue weighted by Gasteiger charge is -2.42. The van der Waals surface area contributed by atoms with Crippen molar-refractivity contribution < 1.29 is 4.79 Å². The van der Waals surface area contributed by atoms with Crippen LogP contribution in [0.1, 0.15) is 56.9 Å². The Labute approximate surface area is 147 Å². The molecule has 0 radical (unpaired) electrons. The molecule has 2 atom stereocenters. The zero-order valence-corrected chi connectivity index (χ0v) is 15.1. The van der Waals surface area contributed by atoms with Gasteiger partial charge >= 0.3 is 0 Å². The van der Waals surface area contributed by atoms with Crippen LogP contribution in [0.5, 0.6) is 0 Å². The van der Waals surface area contributed by atoms with Gasteiger partial charge in [-0.25, -0.2) is 0 Å². The predicted octanol–water partition coefficient (Wildman–Crippen LogP) is 3.87. The molecule has 1 aliphatic heterocycles. The molecule has 1 aromatic carbocycles. The molecule has 2 aliphatic rings. The maximum absolute atomic E-state index is 12.7. The van der Waals surface area contributed by atoms with E-state index in [0.29, 0.717) is 24.4 Å². The number of amides is 1. The van der Waals surface area contributed by atoms with Crippen LogP contribution in [0.25, 0.3) is 0 Å². The highest BCUT2D eigenvalue weighted by Crippen LogP contribution is 2.29. The summed E-state index contributed by atoms with van der Waals surface area (Å²) in [4.78, 5) is 17.4. The van der Waals surface area contributed by atoms with Gasteiger partial charge in [-0.05, 0) is 57.2 Å². The number of benzene rings is 1. The van der Waals surface area contributed by atoms with Crippen molar-refractivity contribution in [3.05, 3.63) is 35.9 Å². The molecule has 3 heteroatoms. The zero-order valence-electron chi connectivity index (χ0n) is 15.1. The highest BCUT2D eigenvalue weighted by molar-refractivity contribution is 5.76. The summed E-state index contributed by atoms with van der Waals surface area (Å²) in [5, 5.41) is 0. The van der Waals surface area contributed by atoms with Crippen molar-refractivity contribution in [2.24, 2.45) is 0 Å². The van der Waals surface area contributed by atoms with Crippen LogP contribution < -0.4 is 0 Å². The fraction of sp³-hybridized carbons (Fsp3) is 0.667. The first-order valence-corrected chi connectivity index (χ1v) is 9.79. The number of carbonyl (C=O) groups excluding carboxylic acids is 1. The molecule has 3 rings (SSSR count). The Balaban J connectivity index is 1.51. The smallest absolute Gasteiger partial charge is 0.222 e. The molecule has 0 bridgehead atoms. The Morgan fingerprint density at radius 1 is 1.08 bits per heavy atom. The van der Waals surface area contributed by atoms with E-state index in [4.69, 9.17) is 0 Å². The van der Waals surface area contributed by atoms with Gasteiger partial charge in [0.25, 0.3) is 0 Å². The van der Waals surface area contributed by atoms with Crippen molar-refractivity contribution in [3.63, 3.8) is 0 Å². The molecule has 1 aliphatic carbocycles. The number of nitrogens with zero attached hydrogens (tertiary/aromatic N) is 2. The van der Waals surface area contributed by atoms with E-state index in [1.54, 1.807) is 0 Å². The van der Waals surface area contributed by atoms with Crippen LogP contribution in [-0.4, -0.2) is 47.9 Å². The molecule has 1 saturated carbocycles. The number of carbonyl (C=O) groups is 1. The van der Waals surface area contributed by atoms with Gasteiger partial charge in [-0.15, -0.1) is 0 Å². The Hall–Kier alpha value is -1.35. The van der Waals surface area contributed by atoms with Gasteiger partial charge in [0.15, 0.2) is 0 Å². The highest BCUT2D eigenvalue weighted by atomic mass is 16.2. The summed E-state index contributed by atoms with van der Waals surface area (Å²) in [6.07, 6.45) is 10.3. The number of likely N-dealkylation sites (N-methyl/N-ethyl adjacent to an activating group) is 1. The van der Waals surface area contributed by atoms with E-state index in [-0.39, 0.29) is 0 Å². The summed E-state index contributed by atoms with van der Waals surface area (Å²) >= 11 is 0. The van der Waals surface area contributed by atoms with Gasteiger partial charge in [0.05, 0.1) is 0 Å². The van der Waals surface area contributed by atoms with Gasteiger partial charge in [-0.3, -0.25) is 9.69 Å². The molecule has 2 fully saturated rings. The van der Waals surface area contributed by atoms with E-state index < -0.39 is 0 Å². The van der Waals surface area contributed by atoms with E-state index in [0.717, 1.165) is 12.8 Å². The van der Waals surface area contributed by atoms with Gasteiger partial charge in [-0.1, -0.05) is 43.2 Å². The third kappa shape index (κ3) is 4.38. The quantitative estimate of drug-likeness (QED) is 0.791. The first-order chi connectivity index (χ1) is 11.8. The van der Waals surface area contributed by atoms with E-state index in [2.05, 4.69) is 34.1 Å².